The minimum atomic E-state index is -4.52. The summed E-state index contributed by atoms with van der Waals surface area (Å²) in [5.74, 6) is 1.53. The SMILES string of the molecule is CC(C)(C)OC(=O)N1C[C@H]2CC(O)C[C@H]2C1.CC(C)(C)OC(=O)N1C[C@H]2CC(OCc3cccc(Cl)c3C(F)(F)F)C[C@H]2C1.FC(F)(F)c1c(Cl)cccc1CBr. The van der Waals surface area contributed by atoms with Gasteiger partial charge in [0.2, 0.25) is 0 Å². The highest BCUT2D eigenvalue weighted by molar-refractivity contribution is 9.08. The van der Waals surface area contributed by atoms with Gasteiger partial charge in [-0.2, -0.15) is 26.3 Å². The summed E-state index contributed by atoms with van der Waals surface area (Å²) in [4.78, 5) is 27.5. The van der Waals surface area contributed by atoms with Crippen molar-refractivity contribution in [3.05, 3.63) is 68.7 Å². The van der Waals surface area contributed by atoms with Crippen LogP contribution in [0.1, 0.15) is 89.5 Å². The first-order valence-corrected chi connectivity index (χ1v) is 20.6. The van der Waals surface area contributed by atoms with Crippen LogP contribution in [0, 0.1) is 23.7 Å². The Labute approximate surface area is 348 Å². The number of aliphatic hydroxyl groups excluding tert-OH is 1. The molecule has 2 heterocycles. The zero-order chi connectivity index (χ0) is 42.7. The highest BCUT2D eigenvalue weighted by atomic mass is 79.9. The molecule has 6 rings (SSSR count). The number of fused-ring (bicyclic) bond motifs is 2. The number of carbonyl (C=O) groups excluding carboxylic acids is 2. The Hall–Kier alpha value is -2.46. The summed E-state index contributed by atoms with van der Waals surface area (Å²) in [6.07, 6.45) is -6.57. The lowest BCUT2D eigenvalue weighted by Crippen LogP contribution is -2.36. The van der Waals surface area contributed by atoms with E-state index in [1.165, 1.54) is 36.4 Å². The van der Waals surface area contributed by atoms with Gasteiger partial charge in [-0.1, -0.05) is 63.4 Å². The van der Waals surface area contributed by atoms with Crippen molar-refractivity contribution in [2.45, 2.75) is 115 Å². The summed E-state index contributed by atoms with van der Waals surface area (Å²) in [6, 6.07) is 8.25. The molecule has 2 aliphatic heterocycles. The van der Waals surface area contributed by atoms with E-state index in [0.717, 1.165) is 38.8 Å². The summed E-state index contributed by atoms with van der Waals surface area (Å²) >= 11 is 14.2. The number of alkyl halides is 7. The third-order valence-corrected chi connectivity index (χ3v) is 11.4. The van der Waals surface area contributed by atoms with Crippen LogP contribution in [0.25, 0.3) is 0 Å². The Balaban J connectivity index is 0.000000209. The van der Waals surface area contributed by atoms with Crippen molar-refractivity contribution < 1.29 is 55.2 Å². The monoisotopic (exact) mass is 918 g/mol. The van der Waals surface area contributed by atoms with Crippen molar-refractivity contribution in [2.24, 2.45) is 23.7 Å². The number of rotatable bonds is 4. The van der Waals surface area contributed by atoms with Gasteiger partial charge in [-0.05, 0) is 114 Å². The number of amides is 2. The van der Waals surface area contributed by atoms with E-state index in [-0.39, 0.29) is 57.5 Å². The van der Waals surface area contributed by atoms with Crippen LogP contribution in [0.4, 0.5) is 35.9 Å². The first-order chi connectivity index (χ1) is 26.3. The van der Waals surface area contributed by atoms with Crippen molar-refractivity contribution in [1.29, 1.82) is 0 Å². The molecule has 2 saturated carbocycles. The van der Waals surface area contributed by atoms with E-state index in [9.17, 15) is 41.0 Å². The van der Waals surface area contributed by atoms with Crippen LogP contribution in [0.2, 0.25) is 10.0 Å². The topological polar surface area (TPSA) is 88.5 Å². The third kappa shape index (κ3) is 13.5. The molecule has 0 bridgehead atoms. The lowest BCUT2D eigenvalue weighted by molar-refractivity contribution is -0.139. The lowest BCUT2D eigenvalue weighted by atomic mass is 10.0. The van der Waals surface area contributed by atoms with E-state index in [1.54, 1.807) is 9.80 Å². The number of halogens is 9. The summed E-state index contributed by atoms with van der Waals surface area (Å²) in [5, 5.41) is 9.08. The number of aliphatic hydroxyl groups is 1. The molecule has 2 aliphatic carbocycles. The van der Waals surface area contributed by atoms with Crippen LogP contribution < -0.4 is 0 Å². The lowest BCUT2D eigenvalue weighted by Gasteiger charge is -2.25. The van der Waals surface area contributed by atoms with E-state index in [0.29, 0.717) is 36.8 Å². The van der Waals surface area contributed by atoms with E-state index < -0.39 is 34.7 Å². The Morgan fingerprint density at radius 3 is 1.40 bits per heavy atom. The Morgan fingerprint density at radius 1 is 0.684 bits per heavy atom. The van der Waals surface area contributed by atoms with Crippen LogP contribution in [0.15, 0.2) is 36.4 Å². The zero-order valence-corrected chi connectivity index (χ0v) is 35.9. The molecular formula is C40H51BrCl2F6N2O6. The Kier molecular flexibility index (Phi) is 15.6. The molecule has 0 aromatic heterocycles. The molecule has 2 amide bonds. The van der Waals surface area contributed by atoms with Crippen LogP contribution in [0.3, 0.4) is 0 Å². The highest BCUT2D eigenvalue weighted by Gasteiger charge is 2.45. The van der Waals surface area contributed by atoms with Crippen molar-refractivity contribution in [3.63, 3.8) is 0 Å². The van der Waals surface area contributed by atoms with Crippen LogP contribution in [0.5, 0.6) is 0 Å². The smallest absolute Gasteiger partial charge is 0.418 e. The third-order valence-electron chi connectivity index (χ3n) is 10.1. The van der Waals surface area contributed by atoms with Crippen LogP contribution in [-0.4, -0.2) is 76.7 Å². The van der Waals surface area contributed by atoms with Crippen molar-refractivity contribution in [2.75, 3.05) is 26.2 Å². The fourth-order valence-electron chi connectivity index (χ4n) is 7.81. The number of hydrogen-bond acceptors (Lipinski definition) is 6. The molecule has 57 heavy (non-hydrogen) atoms. The number of ether oxygens (including phenoxy) is 3. The summed E-state index contributed by atoms with van der Waals surface area (Å²) in [6.45, 7) is 13.7. The van der Waals surface area contributed by atoms with Crippen molar-refractivity contribution in [1.82, 2.24) is 9.80 Å². The minimum Gasteiger partial charge on any atom is -0.444 e. The van der Waals surface area contributed by atoms with E-state index in [4.69, 9.17) is 37.4 Å². The average molecular weight is 921 g/mol. The van der Waals surface area contributed by atoms with E-state index in [2.05, 4.69) is 15.9 Å². The molecule has 2 aromatic carbocycles. The second-order valence-corrected chi connectivity index (χ2v) is 18.4. The number of nitrogens with zero attached hydrogens (tertiary/aromatic N) is 2. The van der Waals surface area contributed by atoms with Crippen molar-refractivity contribution in [3.8, 4) is 0 Å². The molecule has 0 spiro atoms. The van der Waals surface area contributed by atoms with Gasteiger partial charge in [0.1, 0.15) is 11.2 Å². The molecule has 320 valence electrons. The number of hydrogen-bond donors (Lipinski definition) is 1. The normalized spacial score (nSPS) is 24.6. The summed E-state index contributed by atoms with van der Waals surface area (Å²) in [7, 11) is 0. The first-order valence-electron chi connectivity index (χ1n) is 18.8. The number of carbonyl (C=O) groups is 2. The molecule has 17 heteroatoms. The Bertz CT molecular complexity index is 1670. The molecule has 2 aromatic rings. The Morgan fingerprint density at radius 2 is 1.05 bits per heavy atom. The van der Waals surface area contributed by atoms with Gasteiger partial charge >= 0.3 is 24.5 Å². The predicted octanol–water partition coefficient (Wildman–Crippen LogP) is 11.4. The molecule has 2 unspecified atom stereocenters. The van der Waals surface area contributed by atoms with Gasteiger partial charge in [-0.25, -0.2) is 9.59 Å². The van der Waals surface area contributed by atoms with Gasteiger partial charge in [-0.15, -0.1) is 0 Å². The maximum absolute atomic E-state index is 13.2. The van der Waals surface area contributed by atoms with Gasteiger partial charge in [0.15, 0.2) is 0 Å². The maximum Gasteiger partial charge on any atom is 0.418 e. The first kappa shape index (κ1) is 47.2. The van der Waals surface area contributed by atoms with E-state index in [1.807, 2.05) is 41.5 Å². The van der Waals surface area contributed by atoms with E-state index >= 15 is 0 Å². The molecule has 4 aliphatic rings. The summed E-state index contributed by atoms with van der Waals surface area (Å²) in [5.41, 5.74) is -2.34. The second kappa shape index (κ2) is 18.9. The fraction of sp³-hybridized carbons (Fsp3) is 0.650. The van der Waals surface area contributed by atoms with Gasteiger partial charge in [0, 0.05) is 31.5 Å². The second-order valence-electron chi connectivity index (χ2n) is 17.0. The molecular weight excluding hydrogens is 869 g/mol. The molecule has 1 N–H and O–H groups in total. The average Bonchev–Trinajstić information content (AvgIpc) is 3.81. The quantitative estimate of drug-likeness (QED) is 0.243. The van der Waals surface area contributed by atoms with Crippen molar-refractivity contribution >= 4 is 51.3 Å². The van der Waals surface area contributed by atoms with Gasteiger partial charge in [-0.3, -0.25) is 0 Å². The molecule has 2 saturated heterocycles. The fourth-order valence-corrected chi connectivity index (χ4v) is 8.88. The number of benzene rings is 2. The largest absolute Gasteiger partial charge is 0.444 e. The van der Waals surface area contributed by atoms with Gasteiger partial charge < -0.3 is 29.1 Å². The molecule has 8 nitrogen and oxygen atoms in total. The molecule has 0 radical (unpaired) electrons. The van der Waals surface area contributed by atoms with Crippen LogP contribution in [-0.2, 0) is 38.5 Å². The van der Waals surface area contributed by atoms with Gasteiger partial charge in [0.25, 0.3) is 0 Å². The minimum absolute atomic E-state index is 0.0486. The highest BCUT2D eigenvalue weighted by Crippen LogP contribution is 2.42. The van der Waals surface area contributed by atoms with Gasteiger partial charge in [0.05, 0.1) is 40.0 Å². The maximum atomic E-state index is 13.2. The standard InChI is InChI=1S/C20H25ClF3NO3.C12H21NO3.C8H5BrClF3/c1-19(2,3)28-18(26)25-9-13-7-15(8-14(13)10-25)27-11-12-5-4-6-16(21)17(12)20(22,23)24;1-12(2,3)16-11(15)13-6-8-4-10(14)5-9(8)7-13;9-4-5-2-1-3-6(10)7(5)8(11,12)13/h4-6,13-15H,7-11H2,1-3H3;8-10,14H,4-7H2,1-3H3;1-3H,4H2/t13-,14+,15?;8-,9+,10?;. The molecule has 6 atom stereocenters. The van der Waals surface area contributed by atoms with Crippen LogP contribution >= 0.6 is 39.1 Å². The molecule has 4 fully saturated rings. The predicted molar refractivity (Wildman–Crippen MR) is 208 cm³/mol. The zero-order valence-electron chi connectivity index (χ0n) is 32.8. The summed E-state index contributed by atoms with van der Waals surface area (Å²) < 4.78 is 93.5. The number of likely N-dealkylation sites (tertiary alicyclic amines) is 2.